The van der Waals surface area contributed by atoms with Crippen molar-refractivity contribution in [1.29, 1.82) is 0 Å². The fourth-order valence-corrected chi connectivity index (χ4v) is 2.74. The summed E-state index contributed by atoms with van der Waals surface area (Å²) in [6.07, 6.45) is 1.48. The number of para-hydroxylation sites is 1. The number of nitrogens with zero attached hydrogens (tertiary/aromatic N) is 1. The van der Waals surface area contributed by atoms with Crippen molar-refractivity contribution in [3.63, 3.8) is 0 Å². The van der Waals surface area contributed by atoms with E-state index in [2.05, 4.69) is 5.32 Å². The van der Waals surface area contributed by atoms with Crippen LogP contribution in [0.1, 0.15) is 12.8 Å². The molecular formula is C18H17ClN2O3. The summed E-state index contributed by atoms with van der Waals surface area (Å²) in [5.74, 6) is 0.331. The molecule has 0 aliphatic carbocycles. The standard InChI is InChI=1S/C18H17ClN2O3/c19-15-4-1-2-5-16(15)24-12-17(22)20-13-7-9-14(10-8-13)21-11-3-6-18(21)23/h1-2,4-5,7-10H,3,6,11-12H2,(H,20,22). The van der Waals surface area contributed by atoms with E-state index in [0.717, 1.165) is 18.7 Å². The predicted molar refractivity (Wildman–Crippen MR) is 93.6 cm³/mol. The predicted octanol–water partition coefficient (Wildman–Crippen LogP) is 3.48. The Balaban J connectivity index is 1.55. The highest BCUT2D eigenvalue weighted by molar-refractivity contribution is 6.32. The molecule has 124 valence electrons. The van der Waals surface area contributed by atoms with E-state index in [9.17, 15) is 9.59 Å². The van der Waals surface area contributed by atoms with Gasteiger partial charge in [-0.2, -0.15) is 0 Å². The van der Waals surface area contributed by atoms with Gasteiger partial charge in [0.2, 0.25) is 5.91 Å². The number of hydrogen-bond donors (Lipinski definition) is 1. The Morgan fingerprint density at radius 1 is 1.17 bits per heavy atom. The van der Waals surface area contributed by atoms with E-state index in [4.69, 9.17) is 16.3 Å². The Hall–Kier alpha value is -2.53. The van der Waals surface area contributed by atoms with E-state index < -0.39 is 0 Å². The van der Waals surface area contributed by atoms with Gasteiger partial charge >= 0.3 is 0 Å². The summed E-state index contributed by atoms with van der Waals surface area (Å²) in [5.41, 5.74) is 1.50. The second-order valence-corrected chi connectivity index (χ2v) is 5.87. The van der Waals surface area contributed by atoms with Gasteiger partial charge in [-0.1, -0.05) is 23.7 Å². The van der Waals surface area contributed by atoms with E-state index in [1.807, 2.05) is 12.1 Å². The molecule has 2 aromatic rings. The van der Waals surface area contributed by atoms with E-state index in [-0.39, 0.29) is 18.4 Å². The number of carbonyl (C=O) groups is 2. The molecule has 1 aliphatic heterocycles. The maximum Gasteiger partial charge on any atom is 0.262 e. The molecule has 0 saturated carbocycles. The number of amides is 2. The van der Waals surface area contributed by atoms with E-state index in [0.29, 0.717) is 22.9 Å². The lowest BCUT2D eigenvalue weighted by Gasteiger charge is -2.16. The fourth-order valence-electron chi connectivity index (χ4n) is 2.55. The van der Waals surface area contributed by atoms with Gasteiger partial charge in [0, 0.05) is 24.3 Å². The Kier molecular flexibility index (Phi) is 5.01. The number of rotatable bonds is 5. The van der Waals surface area contributed by atoms with Gasteiger partial charge in [0.1, 0.15) is 5.75 Å². The Morgan fingerprint density at radius 3 is 2.58 bits per heavy atom. The zero-order valence-electron chi connectivity index (χ0n) is 13.0. The second-order valence-electron chi connectivity index (χ2n) is 5.46. The molecule has 1 fully saturated rings. The molecule has 0 bridgehead atoms. The van der Waals surface area contributed by atoms with Crippen LogP contribution in [0.5, 0.6) is 5.75 Å². The van der Waals surface area contributed by atoms with Crippen molar-refractivity contribution < 1.29 is 14.3 Å². The van der Waals surface area contributed by atoms with E-state index in [1.54, 1.807) is 41.3 Å². The molecule has 24 heavy (non-hydrogen) atoms. The van der Waals surface area contributed by atoms with Crippen LogP contribution in [0.3, 0.4) is 0 Å². The normalized spacial score (nSPS) is 13.9. The minimum Gasteiger partial charge on any atom is -0.482 e. The fraction of sp³-hybridized carbons (Fsp3) is 0.222. The van der Waals surface area contributed by atoms with Gasteiger partial charge in [0.25, 0.3) is 5.91 Å². The first-order valence-corrected chi connectivity index (χ1v) is 8.09. The highest BCUT2D eigenvalue weighted by Crippen LogP contribution is 2.24. The van der Waals surface area contributed by atoms with Crippen molar-refractivity contribution in [2.24, 2.45) is 0 Å². The zero-order chi connectivity index (χ0) is 16.9. The van der Waals surface area contributed by atoms with Crippen molar-refractivity contribution >= 4 is 34.8 Å². The smallest absolute Gasteiger partial charge is 0.262 e. The van der Waals surface area contributed by atoms with Gasteiger partial charge < -0.3 is 15.0 Å². The Bertz CT molecular complexity index is 746. The molecule has 1 heterocycles. The minimum absolute atomic E-state index is 0.129. The van der Waals surface area contributed by atoms with Crippen LogP contribution >= 0.6 is 11.6 Å². The molecule has 2 amide bonds. The first-order chi connectivity index (χ1) is 11.6. The summed E-state index contributed by atoms with van der Waals surface area (Å²) in [6.45, 7) is 0.617. The monoisotopic (exact) mass is 344 g/mol. The van der Waals surface area contributed by atoms with Crippen LogP contribution in [0.25, 0.3) is 0 Å². The molecule has 0 unspecified atom stereocenters. The lowest BCUT2D eigenvalue weighted by molar-refractivity contribution is -0.118. The van der Waals surface area contributed by atoms with Crippen molar-refractivity contribution in [3.05, 3.63) is 53.6 Å². The maximum atomic E-state index is 11.9. The molecule has 1 aliphatic rings. The number of benzene rings is 2. The number of anilines is 2. The van der Waals surface area contributed by atoms with Crippen molar-refractivity contribution in [3.8, 4) is 5.75 Å². The van der Waals surface area contributed by atoms with Gasteiger partial charge in [-0.25, -0.2) is 0 Å². The zero-order valence-corrected chi connectivity index (χ0v) is 13.8. The summed E-state index contributed by atoms with van der Waals surface area (Å²) >= 11 is 5.97. The Labute approximate surface area is 145 Å². The molecule has 6 heteroatoms. The van der Waals surface area contributed by atoms with Crippen LogP contribution in [0.4, 0.5) is 11.4 Å². The number of ether oxygens (including phenoxy) is 1. The second kappa shape index (κ2) is 7.36. The summed E-state index contributed by atoms with van der Waals surface area (Å²) in [4.78, 5) is 25.4. The maximum absolute atomic E-state index is 11.9. The quantitative estimate of drug-likeness (QED) is 0.903. The van der Waals surface area contributed by atoms with Gasteiger partial charge in [-0.3, -0.25) is 9.59 Å². The third-order valence-electron chi connectivity index (χ3n) is 3.73. The average molecular weight is 345 g/mol. The van der Waals surface area contributed by atoms with Crippen LogP contribution < -0.4 is 15.0 Å². The number of halogens is 1. The molecule has 0 atom stereocenters. The number of nitrogens with one attached hydrogen (secondary N) is 1. The molecule has 1 saturated heterocycles. The highest BCUT2D eigenvalue weighted by Gasteiger charge is 2.21. The van der Waals surface area contributed by atoms with Crippen LogP contribution in [0, 0.1) is 0 Å². The topological polar surface area (TPSA) is 58.6 Å². The van der Waals surface area contributed by atoms with Crippen LogP contribution in [0.15, 0.2) is 48.5 Å². The number of hydrogen-bond acceptors (Lipinski definition) is 3. The molecule has 1 N–H and O–H groups in total. The highest BCUT2D eigenvalue weighted by atomic mass is 35.5. The van der Waals surface area contributed by atoms with Crippen molar-refractivity contribution in [2.75, 3.05) is 23.4 Å². The van der Waals surface area contributed by atoms with Crippen molar-refractivity contribution in [2.45, 2.75) is 12.8 Å². The summed E-state index contributed by atoms with van der Waals surface area (Å²) in [7, 11) is 0. The Morgan fingerprint density at radius 2 is 1.92 bits per heavy atom. The molecular weight excluding hydrogens is 328 g/mol. The lowest BCUT2D eigenvalue weighted by atomic mass is 10.2. The molecule has 5 nitrogen and oxygen atoms in total. The third kappa shape index (κ3) is 3.86. The summed E-state index contributed by atoms with van der Waals surface area (Å²) in [5, 5.41) is 3.21. The van der Waals surface area contributed by atoms with Crippen molar-refractivity contribution in [1.82, 2.24) is 0 Å². The van der Waals surface area contributed by atoms with E-state index >= 15 is 0 Å². The molecule has 2 aromatic carbocycles. The molecule has 0 radical (unpaired) electrons. The molecule has 3 rings (SSSR count). The first kappa shape index (κ1) is 16.3. The van der Waals surface area contributed by atoms with Crippen LogP contribution in [0.2, 0.25) is 5.02 Å². The molecule has 0 spiro atoms. The van der Waals surface area contributed by atoms with E-state index in [1.165, 1.54) is 0 Å². The van der Waals surface area contributed by atoms with Crippen LogP contribution in [-0.4, -0.2) is 25.0 Å². The van der Waals surface area contributed by atoms with Gasteiger partial charge in [-0.05, 0) is 42.8 Å². The first-order valence-electron chi connectivity index (χ1n) is 7.71. The largest absolute Gasteiger partial charge is 0.482 e. The lowest BCUT2D eigenvalue weighted by Crippen LogP contribution is -2.23. The average Bonchev–Trinajstić information content (AvgIpc) is 3.01. The van der Waals surface area contributed by atoms with Crippen LogP contribution in [-0.2, 0) is 9.59 Å². The minimum atomic E-state index is -0.278. The molecule has 0 aromatic heterocycles. The summed E-state index contributed by atoms with van der Waals surface area (Å²) in [6, 6.07) is 14.2. The van der Waals surface area contributed by atoms with Gasteiger partial charge in [0.15, 0.2) is 6.61 Å². The summed E-state index contributed by atoms with van der Waals surface area (Å²) < 4.78 is 5.39. The SMILES string of the molecule is O=C(COc1ccccc1Cl)Nc1ccc(N2CCCC2=O)cc1. The van der Waals surface area contributed by atoms with Gasteiger partial charge in [0.05, 0.1) is 5.02 Å². The number of carbonyl (C=O) groups excluding carboxylic acids is 2. The third-order valence-corrected chi connectivity index (χ3v) is 4.04. The van der Waals surface area contributed by atoms with Gasteiger partial charge in [-0.15, -0.1) is 0 Å².